The van der Waals surface area contributed by atoms with Gasteiger partial charge in [-0.1, -0.05) is 59.7 Å². The Morgan fingerprint density at radius 2 is 1.78 bits per heavy atom. The molecule has 2 heterocycles. The predicted octanol–water partition coefficient (Wildman–Crippen LogP) is 4.08. The summed E-state index contributed by atoms with van der Waals surface area (Å²) in [6.45, 7) is 6.68. The Morgan fingerprint density at radius 3 is 2.48 bits per heavy atom. The van der Waals surface area contributed by atoms with Crippen molar-refractivity contribution in [2.75, 3.05) is 19.6 Å². The van der Waals surface area contributed by atoms with E-state index in [1.165, 1.54) is 24.0 Å². The van der Waals surface area contributed by atoms with E-state index in [9.17, 15) is 4.79 Å². The molecule has 140 valence electrons. The summed E-state index contributed by atoms with van der Waals surface area (Å²) in [5.41, 5.74) is 5.71. The van der Waals surface area contributed by atoms with Crippen LogP contribution in [0, 0.1) is 13.8 Å². The first-order chi connectivity index (χ1) is 13.1. The second-order valence-corrected chi connectivity index (χ2v) is 7.77. The minimum atomic E-state index is -0.0174. The van der Waals surface area contributed by atoms with E-state index in [1.807, 2.05) is 0 Å². The van der Waals surface area contributed by atoms with Gasteiger partial charge in [-0.3, -0.25) is 9.69 Å². The normalized spacial score (nSPS) is 20.1. The van der Waals surface area contributed by atoms with Crippen molar-refractivity contribution in [2.24, 2.45) is 5.10 Å². The van der Waals surface area contributed by atoms with Gasteiger partial charge < -0.3 is 0 Å². The number of rotatable bonds is 4. The summed E-state index contributed by atoms with van der Waals surface area (Å²) in [7, 11) is 0. The average Bonchev–Trinajstić information content (AvgIpc) is 3.32. The highest BCUT2D eigenvalue weighted by Crippen LogP contribution is 2.33. The number of hydrogen-bond donors (Lipinski definition) is 0. The third-order valence-electron chi connectivity index (χ3n) is 5.54. The standard InChI is InChI=1S/C23H27N3O/c1-17-8-10-19(11-9-17)22-15-21(20-7-5-6-18(2)14-20)24-26(22)23(27)16-25-12-3-4-13-25/h5-11,14,22H,3-4,12-13,15-16H2,1-2H3. The molecule has 1 atom stereocenters. The van der Waals surface area contributed by atoms with Gasteiger partial charge in [-0.05, 0) is 50.9 Å². The zero-order valence-corrected chi connectivity index (χ0v) is 16.2. The lowest BCUT2D eigenvalue weighted by Crippen LogP contribution is -2.36. The molecule has 0 N–H and O–H groups in total. The molecule has 1 amide bonds. The number of carbonyl (C=O) groups is 1. The first-order valence-electron chi connectivity index (χ1n) is 9.85. The Balaban J connectivity index is 1.62. The molecular weight excluding hydrogens is 334 g/mol. The molecule has 2 aromatic rings. The summed E-state index contributed by atoms with van der Waals surface area (Å²) in [4.78, 5) is 15.3. The summed E-state index contributed by atoms with van der Waals surface area (Å²) in [5, 5.41) is 6.53. The van der Waals surface area contributed by atoms with Crippen molar-refractivity contribution in [3.05, 3.63) is 70.8 Å². The topological polar surface area (TPSA) is 35.9 Å². The lowest BCUT2D eigenvalue weighted by atomic mass is 9.97. The Morgan fingerprint density at radius 1 is 1.04 bits per heavy atom. The molecule has 1 fully saturated rings. The van der Waals surface area contributed by atoms with Gasteiger partial charge in [0, 0.05) is 6.42 Å². The third kappa shape index (κ3) is 3.96. The molecule has 0 aromatic heterocycles. The molecular formula is C23H27N3O. The second kappa shape index (κ2) is 7.65. The minimum Gasteiger partial charge on any atom is -0.294 e. The molecule has 0 bridgehead atoms. The molecule has 2 aromatic carbocycles. The van der Waals surface area contributed by atoms with Gasteiger partial charge in [0.15, 0.2) is 0 Å². The van der Waals surface area contributed by atoms with Crippen molar-refractivity contribution in [3.63, 3.8) is 0 Å². The van der Waals surface area contributed by atoms with E-state index < -0.39 is 0 Å². The zero-order valence-electron chi connectivity index (χ0n) is 16.2. The van der Waals surface area contributed by atoms with Gasteiger partial charge in [0.1, 0.15) is 0 Å². The number of aryl methyl sites for hydroxylation is 2. The van der Waals surface area contributed by atoms with Crippen molar-refractivity contribution in [1.82, 2.24) is 9.91 Å². The van der Waals surface area contributed by atoms with Crippen molar-refractivity contribution in [3.8, 4) is 0 Å². The van der Waals surface area contributed by atoms with Crippen LogP contribution < -0.4 is 0 Å². The summed E-state index contributed by atoms with van der Waals surface area (Å²) in [5.74, 6) is 0.102. The third-order valence-corrected chi connectivity index (χ3v) is 5.54. The highest BCUT2D eigenvalue weighted by molar-refractivity contribution is 6.03. The molecule has 0 spiro atoms. The molecule has 0 saturated carbocycles. The van der Waals surface area contributed by atoms with E-state index in [0.717, 1.165) is 36.3 Å². The number of carbonyl (C=O) groups excluding carboxylic acids is 1. The van der Waals surface area contributed by atoms with Gasteiger partial charge in [-0.2, -0.15) is 5.10 Å². The van der Waals surface area contributed by atoms with Crippen LogP contribution in [-0.2, 0) is 4.79 Å². The Kier molecular flexibility index (Phi) is 5.08. The van der Waals surface area contributed by atoms with Gasteiger partial charge in [0.2, 0.25) is 0 Å². The molecule has 1 unspecified atom stereocenters. The maximum Gasteiger partial charge on any atom is 0.257 e. The summed E-state index contributed by atoms with van der Waals surface area (Å²) in [6, 6.07) is 16.9. The molecule has 4 rings (SSSR count). The van der Waals surface area contributed by atoms with Crippen LogP contribution in [0.5, 0.6) is 0 Å². The van der Waals surface area contributed by atoms with E-state index in [2.05, 4.69) is 67.3 Å². The first-order valence-corrected chi connectivity index (χ1v) is 9.85. The van der Waals surface area contributed by atoms with Gasteiger partial charge in [-0.15, -0.1) is 0 Å². The van der Waals surface area contributed by atoms with E-state index in [4.69, 9.17) is 5.10 Å². The molecule has 2 aliphatic heterocycles. The van der Waals surface area contributed by atoms with Gasteiger partial charge in [0.25, 0.3) is 5.91 Å². The summed E-state index contributed by atoms with van der Waals surface area (Å²) in [6.07, 6.45) is 3.14. The fourth-order valence-electron chi connectivity index (χ4n) is 3.99. The van der Waals surface area contributed by atoms with Crippen LogP contribution in [0.15, 0.2) is 53.6 Å². The second-order valence-electron chi connectivity index (χ2n) is 7.77. The minimum absolute atomic E-state index is 0.0174. The fourth-order valence-corrected chi connectivity index (χ4v) is 3.99. The molecule has 1 saturated heterocycles. The quantitative estimate of drug-likeness (QED) is 0.823. The molecule has 0 aliphatic carbocycles. The predicted molar refractivity (Wildman–Crippen MR) is 109 cm³/mol. The maximum atomic E-state index is 13.1. The zero-order chi connectivity index (χ0) is 18.8. The van der Waals surface area contributed by atoms with Crippen molar-refractivity contribution in [1.29, 1.82) is 0 Å². The summed E-state index contributed by atoms with van der Waals surface area (Å²) < 4.78 is 0. The first kappa shape index (κ1) is 17.9. The fraction of sp³-hybridized carbons (Fsp3) is 0.391. The van der Waals surface area contributed by atoms with Crippen LogP contribution in [0.2, 0.25) is 0 Å². The number of nitrogens with zero attached hydrogens (tertiary/aromatic N) is 3. The van der Waals surface area contributed by atoms with Crippen LogP contribution in [-0.4, -0.2) is 41.2 Å². The van der Waals surface area contributed by atoms with Crippen LogP contribution in [0.1, 0.15) is 47.6 Å². The Hall–Kier alpha value is -2.46. The monoisotopic (exact) mass is 361 g/mol. The van der Waals surface area contributed by atoms with Gasteiger partial charge >= 0.3 is 0 Å². The largest absolute Gasteiger partial charge is 0.294 e. The van der Waals surface area contributed by atoms with E-state index >= 15 is 0 Å². The Bertz CT molecular complexity index is 850. The van der Waals surface area contributed by atoms with Crippen LogP contribution in [0.3, 0.4) is 0 Å². The van der Waals surface area contributed by atoms with Crippen molar-refractivity contribution in [2.45, 2.75) is 39.2 Å². The van der Waals surface area contributed by atoms with Crippen LogP contribution >= 0.6 is 0 Å². The van der Waals surface area contributed by atoms with E-state index in [-0.39, 0.29) is 11.9 Å². The molecule has 4 nitrogen and oxygen atoms in total. The SMILES string of the molecule is Cc1ccc(C2CC(c3cccc(C)c3)=NN2C(=O)CN2CCCC2)cc1. The number of amides is 1. The molecule has 4 heteroatoms. The smallest absolute Gasteiger partial charge is 0.257 e. The van der Waals surface area contributed by atoms with Crippen LogP contribution in [0.4, 0.5) is 0 Å². The maximum absolute atomic E-state index is 13.1. The number of hydrazone groups is 1. The van der Waals surface area contributed by atoms with Crippen molar-refractivity contribution < 1.29 is 4.79 Å². The van der Waals surface area contributed by atoms with Gasteiger partial charge in [-0.25, -0.2) is 5.01 Å². The lowest BCUT2D eigenvalue weighted by molar-refractivity contribution is -0.134. The van der Waals surface area contributed by atoms with Crippen LogP contribution in [0.25, 0.3) is 0 Å². The highest BCUT2D eigenvalue weighted by Gasteiger charge is 2.33. The highest BCUT2D eigenvalue weighted by atomic mass is 16.2. The van der Waals surface area contributed by atoms with E-state index in [0.29, 0.717) is 6.54 Å². The summed E-state index contributed by atoms with van der Waals surface area (Å²) >= 11 is 0. The molecule has 27 heavy (non-hydrogen) atoms. The molecule has 2 aliphatic rings. The number of hydrogen-bond acceptors (Lipinski definition) is 3. The number of benzene rings is 2. The lowest BCUT2D eigenvalue weighted by Gasteiger charge is -2.24. The number of likely N-dealkylation sites (tertiary alicyclic amines) is 1. The van der Waals surface area contributed by atoms with Crippen molar-refractivity contribution >= 4 is 11.6 Å². The molecule has 0 radical (unpaired) electrons. The van der Waals surface area contributed by atoms with E-state index in [1.54, 1.807) is 5.01 Å². The van der Waals surface area contributed by atoms with Gasteiger partial charge in [0.05, 0.1) is 18.3 Å². The Labute approximate surface area is 161 Å². The average molecular weight is 361 g/mol.